The van der Waals surface area contributed by atoms with Crippen molar-refractivity contribution in [1.29, 1.82) is 0 Å². The molecule has 9 heteroatoms. The molecule has 0 aliphatic rings. The third-order valence-electron chi connectivity index (χ3n) is 1.78. The van der Waals surface area contributed by atoms with Crippen LogP contribution < -0.4 is 0 Å². The highest BCUT2D eigenvalue weighted by Gasteiger charge is 2.36. The number of carbonyl (C=O) groups is 1. The van der Waals surface area contributed by atoms with E-state index in [2.05, 4.69) is 4.42 Å². The molecule has 0 aliphatic carbocycles. The molecule has 1 rings (SSSR count). The fourth-order valence-electron chi connectivity index (χ4n) is 1.03. The number of aldehydes is 1. The molecule has 0 fully saturated rings. The van der Waals surface area contributed by atoms with E-state index < -0.39 is 27.8 Å². The van der Waals surface area contributed by atoms with Crippen LogP contribution in [-0.2, 0) is 10.0 Å². The van der Waals surface area contributed by atoms with E-state index >= 15 is 0 Å². The molecule has 1 aromatic heterocycles. The summed E-state index contributed by atoms with van der Waals surface area (Å²) in [5, 5.41) is -0.702. The van der Waals surface area contributed by atoms with Crippen molar-refractivity contribution in [2.75, 3.05) is 13.6 Å². The van der Waals surface area contributed by atoms with Crippen molar-refractivity contribution in [3.05, 3.63) is 17.9 Å². The Bertz CT molecular complexity index is 505. The predicted molar refractivity (Wildman–Crippen MR) is 50.0 cm³/mol. The van der Waals surface area contributed by atoms with E-state index in [-0.39, 0.29) is 16.4 Å². The van der Waals surface area contributed by atoms with E-state index in [0.29, 0.717) is 0 Å². The normalized spacial score (nSPS) is 13.0. The molecule has 0 saturated heterocycles. The minimum absolute atomic E-state index is 0.0976. The van der Waals surface area contributed by atoms with Crippen LogP contribution in [0, 0.1) is 0 Å². The van der Waals surface area contributed by atoms with E-state index in [9.17, 15) is 26.4 Å². The summed E-state index contributed by atoms with van der Waals surface area (Å²) in [4.78, 5) is 10.3. The van der Waals surface area contributed by atoms with Gasteiger partial charge in [0.1, 0.15) is 6.54 Å². The smallest absolute Gasteiger partial charge is 0.402 e. The molecule has 0 radical (unpaired) electrons. The monoisotopic (exact) mass is 271 g/mol. The van der Waals surface area contributed by atoms with Crippen LogP contribution in [0.25, 0.3) is 0 Å². The Morgan fingerprint density at radius 3 is 2.41 bits per heavy atom. The highest BCUT2D eigenvalue weighted by Crippen LogP contribution is 2.22. The standard InChI is InChI=1S/C8H8F3NO4S/c1-12(5-8(9,10)11)17(14,15)7-3-2-6(4-13)16-7/h2-4H,5H2,1H3. The summed E-state index contributed by atoms with van der Waals surface area (Å²) < 4.78 is 63.9. The Hall–Kier alpha value is -1.35. The highest BCUT2D eigenvalue weighted by atomic mass is 32.2. The lowest BCUT2D eigenvalue weighted by molar-refractivity contribution is -0.134. The molecule has 0 bridgehead atoms. The van der Waals surface area contributed by atoms with E-state index in [4.69, 9.17) is 0 Å². The Kier molecular flexibility index (Phi) is 3.62. The second-order valence-electron chi connectivity index (χ2n) is 3.15. The summed E-state index contributed by atoms with van der Waals surface area (Å²) in [6, 6.07) is 1.98. The molecular formula is C8H8F3NO4S. The highest BCUT2D eigenvalue weighted by molar-refractivity contribution is 7.89. The Balaban J connectivity index is 2.99. The topological polar surface area (TPSA) is 67.6 Å². The van der Waals surface area contributed by atoms with Gasteiger partial charge in [-0.25, -0.2) is 8.42 Å². The Labute approximate surface area is 94.9 Å². The quantitative estimate of drug-likeness (QED) is 0.773. The lowest BCUT2D eigenvalue weighted by Crippen LogP contribution is -2.35. The van der Waals surface area contributed by atoms with Gasteiger partial charge in [0.25, 0.3) is 10.0 Å². The maximum absolute atomic E-state index is 12.0. The van der Waals surface area contributed by atoms with Crippen molar-refractivity contribution >= 4 is 16.3 Å². The molecule has 0 saturated carbocycles. The van der Waals surface area contributed by atoms with Crippen molar-refractivity contribution in [2.24, 2.45) is 0 Å². The van der Waals surface area contributed by atoms with E-state index in [1.54, 1.807) is 0 Å². The van der Waals surface area contributed by atoms with Crippen molar-refractivity contribution in [3.63, 3.8) is 0 Å². The van der Waals surface area contributed by atoms with Gasteiger partial charge in [-0.3, -0.25) is 4.79 Å². The van der Waals surface area contributed by atoms with Crippen LogP contribution in [0.3, 0.4) is 0 Å². The van der Waals surface area contributed by atoms with E-state index in [1.807, 2.05) is 0 Å². The van der Waals surface area contributed by atoms with Gasteiger partial charge in [0.05, 0.1) is 0 Å². The number of sulfonamides is 1. The van der Waals surface area contributed by atoms with E-state index in [1.165, 1.54) is 0 Å². The van der Waals surface area contributed by atoms with Gasteiger partial charge in [0.15, 0.2) is 12.0 Å². The first kappa shape index (κ1) is 13.7. The lowest BCUT2D eigenvalue weighted by atomic mass is 10.5. The molecule has 0 amide bonds. The fraction of sp³-hybridized carbons (Fsp3) is 0.375. The molecule has 96 valence electrons. The first-order valence-corrected chi connectivity index (χ1v) is 5.69. The van der Waals surface area contributed by atoms with Gasteiger partial charge >= 0.3 is 6.18 Å². The van der Waals surface area contributed by atoms with E-state index in [0.717, 1.165) is 19.2 Å². The van der Waals surface area contributed by atoms with Crippen LogP contribution in [0.1, 0.15) is 10.6 Å². The minimum Gasteiger partial charge on any atom is -0.440 e. The van der Waals surface area contributed by atoms with Crippen LogP contribution in [0.4, 0.5) is 13.2 Å². The molecule has 0 aromatic carbocycles. The summed E-state index contributed by atoms with van der Waals surface area (Å²) in [7, 11) is -3.60. The molecule has 1 heterocycles. The van der Waals surface area contributed by atoms with Crippen LogP contribution >= 0.6 is 0 Å². The number of hydrogen-bond donors (Lipinski definition) is 0. The van der Waals surface area contributed by atoms with Gasteiger partial charge in [-0.15, -0.1) is 0 Å². The van der Waals surface area contributed by atoms with Crippen molar-refractivity contribution in [2.45, 2.75) is 11.3 Å². The third kappa shape index (κ3) is 3.30. The Morgan fingerprint density at radius 1 is 1.41 bits per heavy atom. The summed E-state index contributed by atoms with van der Waals surface area (Å²) in [5.41, 5.74) is 0. The van der Waals surface area contributed by atoms with Crippen LogP contribution in [-0.4, -0.2) is 38.8 Å². The summed E-state index contributed by atoms with van der Waals surface area (Å²) >= 11 is 0. The first-order valence-electron chi connectivity index (χ1n) is 4.25. The first-order chi connectivity index (χ1) is 7.66. The van der Waals surface area contributed by atoms with Crippen LogP contribution in [0.5, 0.6) is 0 Å². The largest absolute Gasteiger partial charge is 0.440 e. The number of alkyl halides is 3. The van der Waals surface area contributed by atoms with Crippen LogP contribution in [0.2, 0.25) is 0 Å². The molecule has 17 heavy (non-hydrogen) atoms. The average molecular weight is 271 g/mol. The molecule has 0 aliphatic heterocycles. The number of furan rings is 1. The molecular weight excluding hydrogens is 263 g/mol. The van der Waals surface area contributed by atoms with Gasteiger partial charge in [-0.1, -0.05) is 0 Å². The molecule has 0 spiro atoms. The van der Waals surface area contributed by atoms with Gasteiger partial charge in [0.2, 0.25) is 5.09 Å². The fourth-order valence-corrected chi connectivity index (χ4v) is 2.09. The Morgan fingerprint density at radius 2 is 2.00 bits per heavy atom. The second kappa shape index (κ2) is 4.49. The zero-order valence-electron chi connectivity index (χ0n) is 8.56. The molecule has 0 unspecified atom stereocenters. The molecule has 0 N–H and O–H groups in total. The second-order valence-corrected chi connectivity index (χ2v) is 5.13. The third-order valence-corrected chi connectivity index (χ3v) is 3.46. The van der Waals surface area contributed by atoms with Crippen molar-refractivity contribution < 1.29 is 30.8 Å². The molecule has 5 nitrogen and oxygen atoms in total. The van der Waals surface area contributed by atoms with Gasteiger partial charge in [0, 0.05) is 7.05 Å². The van der Waals surface area contributed by atoms with Gasteiger partial charge in [-0.05, 0) is 12.1 Å². The van der Waals surface area contributed by atoms with Crippen molar-refractivity contribution in [1.82, 2.24) is 4.31 Å². The minimum atomic E-state index is -4.65. The molecule has 0 atom stereocenters. The number of carbonyl (C=O) groups excluding carboxylic acids is 1. The summed E-state index contributed by atoms with van der Waals surface area (Å²) in [6.07, 6.45) is -4.40. The van der Waals surface area contributed by atoms with Crippen LogP contribution in [0.15, 0.2) is 21.6 Å². The number of halogens is 3. The summed E-state index contributed by atoms with van der Waals surface area (Å²) in [5.74, 6) is -0.274. The van der Waals surface area contributed by atoms with Gasteiger partial charge < -0.3 is 4.42 Å². The SMILES string of the molecule is CN(CC(F)(F)F)S(=O)(=O)c1ccc(C=O)o1. The number of rotatable bonds is 4. The van der Waals surface area contributed by atoms with Crippen molar-refractivity contribution in [3.8, 4) is 0 Å². The zero-order valence-corrected chi connectivity index (χ0v) is 9.38. The predicted octanol–water partition coefficient (Wildman–Crippen LogP) is 1.27. The molecule has 1 aromatic rings. The lowest BCUT2D eigenvalue weighted by Gasteiger charge is -2.16. The maximum atomic E-state index is 12.0. The number of nitrogens with zero attached hydrogens (tertiary/aromatic N) is 1. The zero-order chi connectivity index (χ0) is 13.3. The average Bonchev–Trinajstić information content (AvgIpc) is 2.63. The maximum Gasteiger partial charge on any atom is 0.402 e. The number of hydrogen-bond acceptors (Lipinski definition) is 4. The summed E-state index contributed by atoms with van der Waals surface area (Å²) in [6.45, 7) is -1.63. The van der Waals surface area contributed by atoms with Gasteiger partial charge in [-0.2, -0.15) is 17.5 Å².